The molecule has 2 atom stereocenters. The Morgan fingerprint density at radius 2 is 1.65 bits per heavy atom. The van der Waals surface area contributed by atoms with Gasteiger partial charge in [-0.1, -0.05) is 30.7 Å². The van der Waals surface area contributed by atoms with Gasteiger partial charge >= 0.3 is 12.1 Å². The van der Waals surface area contributed by atoms with Crippen molar-refractivity contribution in [2.75, 3.05) is 13.2 Å². The number of carbonyl (C=O) groups excluding carboxylic acids is 5. The summed E-state index contributed by atoms with van der Waals surface area (Å²) in [6.07, 6.45) is -1.01. The summed E-state index contributed by atoms with van der Waals surface area (Å²) in [5.41, 5.74) is 5.98. The Kier molecular flexibility index (Phi) is 12.6. The molecule has 11 heteroatoms. The monoisotopic (exact) mass is 562 g/mol. The van der Waals surface area contributed by atoms with Gasteiger partial charge in [-0.3, -0.25) is 19.2 Å². The summed E-state index contributed by atoms with van der Waals surface area (Å²) in [4.78, 5) is 65.9. The van der Waals surface area contributed by atoms with Crippen LogP contribution in [0.3, 0.4) is 0 Å². The zero-order chi connectivity index (χ0) is 30.8. The lowest BCUT2D eigenvalue weighted by Gasteiger charge is -2.45. The van der Waals surface area contributed by atoms with Crippen LogP contribution >= 0.6 is 0 Å². The number of benzene rings is 1. The summed E-state index contributed by atoms with van der Waals surface area (Å²) in [6, 6.07) is 2.97. The van der Waals surface area contributed by atoms with E-state index in [0.717, 1.165) is 11.1 Å². The molecule has 0 bridgehead atoms. The summed E-state index contributed by atoms with van der Waals surface area (Å²) in [5, 5.41) is 5.23. The van der Waals surface area contributed by atoms with Crippen molar-refractivity contribution in [3.63, 3.8) is 0 Å². The van der Waals surface area contributed by atoms with E-state index < -0.39 is 59.4 Å². The highest BCUT2D eigenvalue weighted by Crippen LogP contribution is 2.34. The Morgan fingerprint density at radius 3 is 2.15 bits per heavy atom. The van der Waals surface area contributed by atoms with Crippen LogP contribution in [0.5, 0.6) is 0 Å². The van der Waals surface area contributed by atoms with Crippen LogP contribution in [0.1, 0.15) is 90.5 Å². The predicted molar refractivity (Wildman–Crippen MR) is 151 cm³/mol. The molecule has 0 saturated carbocycles. The second-order valence-corrected chi connectivity index (χ2v) is 11.4. The van der Waals surface area contributed by atoms with Crippen molar-refractivity contribution in [3.05, 3.63) is 34.9 Å². The van der Waals surface area contributed by atoms with Crippen LogP contribution in [0.2, 0.25) is 0 Å². The van der Waals surface area contributed by atoms with E-state index in [9.17, 15) is 24.0 Å². The first-order valence-electron chi connectivity index (χ1n) is 13.5. The first-order chi connectivity index (χ1) is 18.4. The number of alkyl carbamates (subject to hydrolysis) is 1. The lowest BCUT2D eigenvalue weighted by molar-refractivity contribution is -0.150. The van der Waals surface area contributed by atoms with E-state index in [-0.39, 0.29) is 19.6 Å². The van der Waals surface area contributed by atoms with E-state index in [0.29, 0.717) is 12.0 Å². The second kappa shape index (κ2) is 14.7. The molecule has 0 saturated heterocycles. The predicted octanol–water partition coefficient (Wildman–Crippen LogP) is 3.20. The zero-order valence-electron chi connectivity index (χ0n) is 25.3. The fraction of sp³-hybridized carbons (Fsp3) is 0.621. The Balaban J connectivity index is 3.64. The van der Waals surface area contributed by atoms with Gasteiger partial charge in [0.05, 0.1) is 19.4 Å². The van der Waals surface area contributed by atoms with E-state index in [1.807, 2.05) is 32.9 Å². The maximum atomic E-state index is 14.2. The Bertz CT molecular complexity index is 1080. The van der Waals surface area contributed by atoms with Crippen molar-refractivity contribution in [1.82, 2.24) is 15.5 Å². The number of hydrogen-bond donors (Lipinski definition) is 3. The molecule has 2 unspecified atom stereocenters. The number of amides is 4. The number of ether oxygens (including phenoxy) is 2. The summed E-state index contributed by atoms with van der Waals surface area (Å²) >= 11 is 0. The van der Waals surface area contributed by atoms with E-state index in [1.165, 1.54) is 4.90 Å². The summed E-state index contributed by atoms with van der Waals surface area (Å²) < 4.78 is 10.3. The van der Waals surface area contributed by atoms with Gasteiger partial charge in [0.25, 0.3) is 0 Å². The number of nitrogens with zero attached hydrogens (tertiary/aromatic N) is 1. The number of primary amides is 1. The minimum atomic E-state index is -1.39. The van der Waals surface area contributed by atoms with Crippen molar-refractivity contribution in [1.29, 1.82) is 0 Å². The number of carbonyl (C=O) groups is 5. The van der Waals surface area contributed by atoms with E-state index in [4.69, 9.17) is 15.2 Å². The van der Waals surface area contributed by atoms with Crippen molar-refractivity contribution in [2.24, 2.45) is 5.73 Å². The van der Waals surface area contributed by atoms with Gasteiger partial charge < -0.3 is 30.7 Å². The van der Waals surface area contributed by atoms with E-state index in [2.05, 4.69) is 10.6 Å². The van der Waals surface area contributed by atoms with Crippen LogP contribution in [-0.4, -0.2) is 65.0 Å². The molecule has 0 aliphatic heterocycles. The van der Waals surface area contributed by atoms with Crippen LogP contribution in [-0.2, 0) is 28.7 Å². The highest BCUT2D eigenvalue weighted by atomic mass is 16.6. The van der Waals surface area contributed by atoms with Crippen LogP contribution in [0.15, 0.2) is 18.2 Å². The third kappa shape index (κ3) is 10.5. The van der Waals surface area contributed by atoms with Crippen LogP contribution in [0.25, 0.3) is 0 Å². The van der Waals surface area contributed by atoms with Crippen LogP contribution in [0.4, 0.5) is 4.79 Å². The summed E-state index contributed by atoms with van der Waals surface area (Å²) in [5.74, 6) is -2.48. The minimum absolute atomic E-state index is 0.00542. The largest absolute Gasteiger partial charge is 0.466 e. The quantitative estimate of drug-likeness (QED) is 0.312. The molecular formula is C29H46N4O7. The lowest BCUT2D eigenvalue weighted by atomic mass is 9.89. The Labute approximate surface area is 237 Å². The molecule has 0 spiro atoms. The van der Waals surface area contributed by atoms with Gasteiger partial charge in [-0.2, -0.15) is 0 Å². The van der Waals surface area contributed by atoms with Gasteiger partial charge in [0.2, 0.25) is 17.7 Å². The fourth-order valence-corrected chi connectivity index (χ4v) is 4.11. The highest BCUT2D eigenvalue weighted by molar-refractivity contribution is 5.95. The average molecular weight is 563 g/mol. The maximum Gasteiger partial charge on any atom is 0.408 e. The average Bonchev–Trinajstić information content (AvgIpc) is 2.80. The molecule has 11 nitrogen and oxygen atoms in total. The van der Waals surface area contributed by atoms with Gasteiger partial charge in [-0.05, 0) is 72.9 Å². The van der Waals surface area contributed by atoms with Crippen molar-refractivity contribution in [2.45, 2.75) is 105 Å². The fourth-order valence-electron chi connectivity index (χ4n) is 4.11. The molecule has 0 heterocycles. The van der Waals surface area contributed by atoms with Crippen LogP contribution in [0, 0.1) is 13.8 Å². The zero-order valence-corrected chi connectivity index (χ0v) is 25.3. The van der Waals surface area contributed by atoms with Crippen molar-refractivity contribution >= 4 is 29.8 Å². The standard InChI is InChI=1S/C29H46N4O7/c1-10-29(8,9)33(26(37)21(17-22(30)34)32-27(38)40-28(5,6)7)24(20-13-12-18(3)16-19(20)4)25(36)31-15-14-23(35)39-11-2/h12-13,16,21,24H,10-11,14-15,17H2,1-9H3,(H2,30,34)(H,31,36)(H,32,38). The third-order valence-electron chi connectivity index (χ3n) is 6.31. The molecule has 1 aromatic carbocycles. The van der Waals surface area contributed by atoms with E-state index in [1.54, 1.807) is 47.6 Å². The number of esters is 1. The molecule has 40 heavy (non-hydrogen) atoms. The smallest absolute Gasteiger partial charge is 0.408 e. The number of hydrogen-bond acceptors (Lipinski definition) is 7. The van der Waals surface area contributed by atoms with Gasteiger partial charge in [-0.25, -0.2) is 4.79 Å². The molecule has 0 aromatic heterocycles. The molecule has 224 valence electrons. The SMILES string of the molecule is CCOC(=O)CCNC(=O)C(c1ccc(C)cc1C)N(C(=O)C(CC(N)=O)NC(=O)OC(C)(C)C)C(C)(C)CC. The molecule has 0 radical (unpaired) electrons. The first kappa shape index (κ1) is 34.4. The number of nitrogens with two attached hydrogens (primary N) is 1. The van der Waals surface area contributed by atoms with E-state index >= 15 is 0 Å². The maximum absolute atomic E-state index is 14.2. The minimum Gasteiger partial charge on any atom is -0.466 e. The Morgan fingerprint density at radius 1 is 1.02 bits per heavy atom. The summed E-state index contributed by atoms with van der Waals surface area (Å²) in [7, 11) is 0. The molecule has 1 rings (SSSR count). The number of nitrogens with one attached hydrogen (secondary N) is 2. The molecule has 1 aromatic rings. The number of rotatable bonds is 13. The van der Waals surface area contributed by atoms with Crippen molar-refractivity contribution < 1.29 is 33.4 Å². The van der Waals surface area contributed by atoms with Crippen LogP contribution < -0.4 is 16.4 Å². The lowest BCUT2D eigenvalue weighted by Crippen LogP contribution is -2.60. The second-order valence-electron chi connectivity index (χ2n) is 11.4. The van der Waals surface area contributed by atoms with Crippen molar-refractivity contribution in [3.8, 4) is 0 Å². The normalized spacial score (nSPS) is 13.0. The molecule has 0 fully saturated rings. The van der Waals surface area contributed by atoms with Gasteiger partial charge in [0.15, 0.2) is 0 Å². The van der Waals surface area contributed by atoms with Gasteiger partial charge in [-0.15, -0.1) is 0 Å². The molecule has 4 amide bonds. The molecule has 0 aliphatic rings. The third-order valence-corrected chi connectivity index (χ3v) is 6.31. The highest BCUT2D eigenvalue weighted by Gasteiger charge is 2.44. The Hall–Kier alpha value is -3.63. The van der Waals surface area contributed by atoms with Gasteiger partial charge in [0, 0.05) is 12.1 Å². The van der Waals surface area contributed by atoms with Gasteiger partial charge in [0.1, 0.15) is 17.7 Å². The topological polar surface area (TPSA) is 157 Å². The molecule has 0 aliphatic carbocycles. The molecular weight excluding hydrogens is 516 g/mol. The first-order valence-corrected chi connectivity index (χ1v) is 13.5. The molecule has 4 N–H and O–H groups in total. The number of aryl methyl sites for hydroxylation is 2. The summed E-state index contributed by atoms with van der Waals surface area (Å²) in [6.45, 7) is 16.1.